The van der Waals surface area contributed by atoms with E-state index in [9.17, 15) is 9.59 Å². The maximum atomic E-state index is 12.0. The van der Waals surface area contributed by atoms with Crippen LogP contribution >= 0.6 is 0 Å². The molecule has 0 radical (unpaired) electrons. The lowest BCUT2D eigenvalue weighted by Gasteiger charge is -2.23. The number of rotatable bonds is 10. The van der Waals surface area contributed by atoms with Crippen LogP contribution < -0.4 is 11.1 Å². The molecule has 4 N–H and O–H groups in total. The SMILES string of the molecule is CCCC(C)C[C@@H](CC(=O)O)NC(=O)[C@@H](N)CC(C)C. The molecule has 5 heteroatoms. The number of nitrogens with one attached hydrogen (secondary N) is 1. The van der Waals surface area contributed by atoms with Crippen LogP contribution in [-0.2, 0) is 9.59 Å². The van der Waals surface area contributed by atoms with Gasteiger partial charge in [0.15, 0.2) is 0 Å². The van der Waals surface area contributed by atoms with Crippen LogP contribution in [0.25, 0.3) is 0 Å². The average molecular weight is 286 g/mol. The van der Waals surface area contributed by atoms with E-state index in [4.69, 9.17) is 10.8 Å². The first-order valence-electron chi connectivity index (χ1n) is 7.53. The van der Waals surface area contributed by atoms with Gasteiger partial charge in [0.05, 0.1) is 12.5 Å². The van der Waals surface area contributed by atoms with Crippen molar-refractivity contribution in [1.82, 2.24) is 5.32 Å². The molecule has 0 saturated heterocycles. The fourth-order valence-electron chi connectivity index (χ4n) is 2.42. The molecule has 0 aliphatic heterocycles. The fraction of sp³-hybridized carbons (Fsp3) is 0.867. The van der Waals surface area contributed by atoms with Crippen molar-refractivity contribution in [2.75, 3.05) is 0 Å². The zero-order chi connectivity index (χ0) is 15.7. The lowest BCUT2D eigenvalue weighted by Crippen LogP contribution is -2.47. The molecule has 3 atom stereocenters. The Bertz CT molecular complexity index is 305. The lowest BCUT2D eigenvalue weighted by atomic mass is 9.95. The van der Waals surface area contributed by atoms with Crippen molar-refractivity contribution < 1.29 is 14.7 Å². The van der Waals surface area contributed by atoms with E-state index in [-0.39, 0.29) is 18.4 Å². The molecule has 0 heterocycles. The maximum Gasteiger partial charge on any atom is 0.305 e. The van der Waals surface area contributed by atoms with E-state index in [1.165, 1.54) is 0 Å². The number of carboxylic acids is 1. The molecular formula is C15H30N2O3. The Balaban J connectivity index is 4.47. The Morgan fingerprint density at radius 2 is 1.80 bits per heavy atom. The number of aliphatic carboxylic acids is 1. The second-order valence-electron chi connectivity index (χ2n) is 6.17. The summed E-state index contributed by atoms with van der Waals surface area (Å²) < 4.78 is 0. The van der Waals surface area contributed by atoms with Gasteiger partial charge in [-0.1, -0.05) is 40.5 Å². The number of carbonyl (C=O) groups excluding carboxylic acids is 1. The molecule has 0 spiro atoms. The van der Waals surface area contributed by atoms with Crippen molar-refractivity contribution in [2.24, 2.45) is 17.6 Å². The average Bonchev–Trinajstić information content (AvgIpc) is 2.26. The van der Waals surface area contributed by atoms with Crippen LogP contribution in [0.3, 0.4) is 0 Å². The van der Waals surface area contributed by atoms with Crippen molar-refractivity contribution >= 4 is 11.9 Å². The monoisotopic (exact) mass is 286 g/mol. The predicted molar refractivity (Wildman–Crippen MR) is 80.3 cm³/mol. The molecule has 0 aromatic heterocycles. The number of carbonyl (C=O) groups is 2. The Labute approximate surface area is 122 Å². The Morgan fingerprint density at radius 1 is 1.20 bits per heavy atom. The zero-order valence-electron chi connectivity index (χ0n) is 13.2. The van der Waals surface area contributed by atoms with Gasteiger partial charge in [-0.2, -0.15) is 0 Å². The number of amides is 1. The first-order valence-corrected chi connectivity index (χ1v) is 7.53. The fourth-order valence-corrected chi connectivity index (χ4v) is 2.42. The van der Waals surface area contributed by atoms with E-state index in [1.54, 1.807) is 0 Å². The molecule has 118 valence electrons. The number of hydrogen-bond donors (Lipinski definition) is 3. The molecule has 0 saturated carbocycles. The second kappa shape index (κ2) is 9.75. The minimum Gasteiger partial charge on any atom is -0.481 e. The third-order valence-corrected chi connectivity index (χ3v) is 3.30. The van der Waals surface area contributed by atoms with Crippen LogP contribution in [0.2, 0.25) is 0 Å². The summed E-state index contributed by atoms with van der Waals surface area (Å²) in [6.45, 7) is 8.19. The van der Waals surface area contributed by atoms with E-state index < -0.39 is 12.0 Å². The van der Waals surface area contributed by atoms with Crippen LogP contribution in [0.4, 0.5) is 0 Å². The highest BCUT2D eigenvalue weighted by molar-refractivity contribution is 5.82. The summed E-state index contributed by atoms with van der Waals surface area (Å²) in [5, 5.41) is 11.7. The second-order valence-corrected chi connectivity index (χ2v) is 6.17. The maximum absolute atomic E-state index is 12.0. The lowest BCUT2D eigenvalue weighted by molar-refractivity contribution is -0.137. The van der Waals surface area contributed by atoms with Gasteiger partial charge in [0.1, 0.15) is 0 Å². The molecule has 0 aromatic rings. The molecule has 0 aliphatic carbocycles. The highest BCUT2D eigenvalue weighted by Crippen LogP contribution is 2.15. The van der Waals surface area contributed by atoms with Crippen LogP contribution in [-0.4, -0.2) is 29.1 Å². The predicted octanol–water partition coefficient (Wildman–Crippen LogP) is 2.15. The van der Waals surface area contributed by atoms with Crippen molar-refractivity contribution in [3.05, 3.63) is 0 Å². The summed E-state index contributed by atoms with van der Waals surface area (Å²) >= 11 is 0. The molecule has 1 unspecified atom stereocenters. The summed E-state index contributed by atoms with van der Waals surface area (Å²) in [4.78, 5) is 22.9. The minimum absolute atomic E-state index is 0.0474. The van der Waals surface area contributed by atoms with Gasteiger partial charge in [0, 0.05) is 6.04 Å². The van der Waals surface area contributed by atoms with E-state index in [1.807, 2.05) is 13.8 Å². The van der Waals surface area contributed by atoms with Gasteiger partial charge in [-0.25, -0.2) is 0 Å². The summed E-state index contributed by atoms with van der Waals surface area (Å²) in [6.07, 6.45) is 3.33. The van der Waals surface area contributed by atoms with Gasteiger partial charge in [-0.15, -0.1) is 0 Å². The highest BCUT2D eigenvalue weighted by atomic mass is 16.4. The summed E-state index contributed by atoms with van der Waals surface area (Å²) in [5.41, 5.74) is 5.83. The van der Waals surface area contributed by atoms with Crippen molar-refractivity contribution in [2.45, 2.75) is 71.9 Å². The molecule has 0 rings (SSSR count). The molecule has 1 amide bonds. The smallest absolute Gasteiger partial charge is 0.305 e. The van der Waals surface area contributed by atoms with Gasteiger partial charge in [-0.3, -0.25) is 9.59 Å². The van der Waals surface area contributed by atoms with Crippen LogP contribution in [0.1, 0.15) is 59.8 Å². The normalized spacial score (nSPS) is 15.7. The largest absolute Gasteiger partial charge is 0.481 e. The summed E-state index contributed by atoms with van der Waals surface area (Å²) in [7, 11) is 0. The van der Waals surface area contributed by atoms with Gasteiger partial charge >= 0.3 is 5.97 Å². The van der Waals surface area contributed by atoms with Crippen molar-refractivity contribution in [3.8, 4) is 0 Å². The molecule has 0 bridgehead atoms. The number of hydrogen-bond acceptors (Lipinski definition) is 3. The van der Waals surface area contributed by atoms with Gasteiger partial charge in [-0.05, 0) is 24.7 Å². The summed E-state index contributed by atoms with van der Waals surface area (Å²) in [6, 6.07) is -0.896. The molecule has 20 heavy (non-hydrogen) atoms. The summed E-state index contributed by atoms with van der Waals surface area (Å²) in [5.74, 6) is -0.399. The standard InChI is InChI=1S/C15H30N2O3/c1-5-6-11(4)8-12(9-14(18)19)17-15(20)13(16)7-10(2)3/h10-13H,5-9,16H2,1-4H3,(H,17,20)(H,18,19)/t11?,12-,13-/m0/s1. The van der Waals surface area contributed by atoms with Crippen molar-refractivity contribution in [1.29, 1.82) is 0 Å². The Kier molecular flexibility index (Phi) is 9.21. The van der Waals surface area contributed by atoms with E-state index in [2.05, 4.69) is 19.2 Å². The zero-order valence-corrected chi connectivity index (χ0v) is 13.2. The van der Waals surface area contributed by atoms with E-state index >= 15 is 0 Å². The Hall–Kier alpha value is -1.10. The number of nitrogens with two attached hydrogens (primary N) is 1. The molecular weight excluding hydrogens is 256 g/mol. The highest BCUT2D eigenvalue weighted by Gasteiger charge is 2.22. The van der Waals surface area contributed by atoms with E-state index in [0.29, 0.717) is 24.7 Å². The third kappa shape index (κ3) is 8.91. The first-order chi connectivity index (χ1) is 9.26. The topological polar surface area (TPSA) is 92.4 Å². The van der Waals surface area contributed by atoms with Gasteiger partial charge < -0.3 is 16.2 Å². The van der Waals surface area contributed by atoms with Gasteiger partial charge in [0.2, 0.25) is 5.91 Å². The molecule has 0 fully saturated rings. The third-order valence-electron chi connectivity index (χ3n) is 3.30. The van der Waals surface area contributed by atoms with E-state index in [0.717, 1.165) is 12.8 Å². The molecule has 5 nitrogen and oxygen atoms in total. The minimum atomic E-state index is -0.892. The number of carboxylic acid groups (broad SMARTS) is 1. The van der Waals surface area contributed by atoms with Crippen LogP contribution in [0.15, 0.2) is 0 Å². The van der Waals surface area contributed by atoms with Crippen LogP contribution in [0, 0.1) is 11.8 Å². The molecule has 0 aromatic carbocycles. The Morgan fingerprint density at radius 3 is 2.25 bits per heavy atom. The van der Waals surface area contributed by atoms with Crippen LogP contribution in [0.5, 0.6) is 0 Å². The molecule has 0 aliphatic rings. The van der Waals surface area contributed by atoms with Crippen molar-refractivity contribution in [3.63, 3.8) is 0 Å². The first kappa shape index (κ1) is 18.9. The quantitative estimate of drug-likeness (QED) is 0.573. The van der Waals surface area contributed by atoms with Gasteiger partial charge in [0.25, 0.3) is 0 Å².